The Bertz CT molecular complexity index is 1050. The van der Waals surface area contributed by atoms with Crippen LogP contribution in [-0.2, 0) is 16.6 Å². The largest absolute Gasteiger partial charge is 0.277 e. The van der Waals surface area contributed by atoms with Crippen LogP contribution in [0.5, 0.6) is 0 Å². The number of amides is 2. The molecule has 0 aromatic heterocycles. The Hall–Kier alpha value is -2.58. The molecule has 2 aromatic carbocycles. The fourth-order valence-electron chi connectivity index (χ4n) is 3.18. The Kier molecular flexibility index (Phi) is 4.12. The van der Waals surface area contributed by atoms with Gasteiger partial charge in [-0.25, -0.2) is 12.8 Å². The number of hydrogen-bond donors (Lipinski definition) is 0. The summed E-state index contributed by atoms with van der Waals surface area (Å²) < 4.78 is 40.9. The fourth-order valence-corrected chi connectivity index (χ4v) is 4.88. The SMILES string of the molecule is CN1C(=O)c2ccc(S(=O)(=O)N(Cc3ccc(F)cc3)C3CC3)cc2C1=O. The highest BCUT2D eigenvalue weighted by atomic mass is 32.2. The number of nitrogens with zero attached hydrogens (tertiary/aromatic N) is 2. The van der Waals surface area contributed by atoms with Gasteiger partial charge in [-0.3, -0.25) is 14.5 Å². The second-order valence-electron chi connectivity index (χ2n) is 6.78. The van der Waals surface area contributed by atoms with E-state index in [0.29, 0.717) is 5.56 Å². The van der Waals surface area contributed by atoms with E-state index in [1.54, 1.807) is 12.1 Å². The Morgan fingerprint density at radius 1 is 1.04 bits per heavy atom. The first-order valence-electron chi connectivity index (χ1n) is 8.52. The Balaban J connectivity index is 1.70. The molecule has 0 spiro atoms. The van der Waals surface area contributed by atoms with Crippen LogP contribution >= 0.6 is 0 Å². The van der Waals surface area contributed by atoms with E-state index in [-0.39, 0.29) is 34.4 Å². The molecule has 0 unspecified atom stereocenters. The molecule has 2 amide bonds. The summed E-state index contributed by atoms with van der Waals surface area (Å²) in [4.78, 5) is 25.1. The van der Waals surface area contributed by atoms with Gasteiger partial charge in [-0.05, 0) is 48.7 Å². The summed E-state index contributed by atoms with van der Waals surface area (Å²) in [6, 6.07) is 9.60. The molecular formula is C19H17FN2O4S. The molecule has 0 N–H and O–H groups in total. The molecule has 140 valence electrons. The number of carbonyl (C=O) groups excluding carboxylic acids is 2. The van der Waals surface area contributed by atoms with Crippen LogP contribution < -0.4 is 0 Å². The van der Waals surface area contributed by atoms with Gasteiger partial charge in [0.1, 0.15) is 5.82 Å². The number of sulfonamides is 1. The smallest absolute Gasteiger partial charge is 0.261 e. The molecule has 2 aromatic rings. The van der Waals surface area contributed by atoms with Gasteiger partial charge in [-0.1, -0.05) is 12.1 Å². The zero-order valence-electron chi connectivity index (χ0n) is 14.6. The summed E-state index contributed by atoms with van der Waals surface area (Å²) in [5.41, 5.74) is 0.984. The van der Waals surface area contributed by atoms with Gasteiger partial charge >= 0.3 is 0 Å². The van der Waals surface area contributed by atoms with Crippen LogP contribution in [0.1, 0.15) is 39.1 Å². The van der Waals surface area contributed by atoms with E-state index in [0.717, 1.165) is 17.7 Å². The molecule has 0 saturated heterocycles. The molecule has 0 atom stereocenters. The Morgan fingerprint density at radius 3 is 2.30 bits per heavy atom. The summed E-state index contributed by atoms with van der Waals surface area (Å²) in [7, 11) is -2.50. The number of rotatable bonds is 5. The molecule has 8 heteroatoms. The Labute approximate surface area is 156 Å². The topological polar surface area (TPSA) is 74.8 Å². The number of fused-ring (bicyclic) bond motifs is 1. The number of hydrogen-bond acceptors (Lipinski definition) is 4. The van der Waals surface area contributed by atoms with Gasteiger partial charge in [0.25, 0.3) is 11.8 Å². The third kappa shape index (κ3) is 3.04. The lowest BCUT2D eigenvalue weighted by Gasteiger charge is -2.22. The second kappa shape index (κ2) is 6.24. The standard InChI is InChI=1S/C19H17FN2O4S/c1-21-18(23)16-9-8-15(10-17(16)19(21)24)27(25,26)22(14-6-7-14)11-12-2-4-13(20)5-3-12/h2-5,8-10,14H,6-7,11H2,1H3. The van der Waals surface area contributed by atoms with Crippen molar-refractivity contribution in [1.29, 1.82) is 0 Å². The second-order valence-corrected chi connectivity index (χ2v) is 8.68. The van der Waals surface area contributed by atoms with E-state index in [4.69, 9.17) is 0 Å². The van der Waals surface area contributed by atoms with Gasteiger partial charge in [0.2, 0.25) is 10.0 Å². The number of halogens is 1. The highest BCUT2D eigenvalue weighted by Crippen LogP contribution is 2.34. The van der Waals surface area contributed by atoms with Crippen LogP contribution in [0, 0.1) is 5.82 Å². The molecule has 1 aliphatic carbocycles. The summed E-state index contributed by atoms with van der Waals surface area (Å²) in [6.45, 7) is 0.122. The molecule has 6 nitrogen and oxygen atoms in total. The lowest BCUT2D eigenvalue weighted by Crippen LogP contribution is -2.32. The monoisotopic (exact) mass is 388 g/mol. The van der Waals surface area contributed by atoms with Crippen LogP contribution in [0.3, 0.4) is 0 Å². The van der Waals surface area contributed by atoms with Crippen molar-refractivity contribution in [2.75, 3.05) is 7.05 Å². The minimum absolute atomic E-state index is 0.0216. The first kappa shape index (κ1) is 17.8. The van der Waals surface area contributed by atoms with Crippen LogP contribution in [-0.4, -0.2) is 42.5 Å². The van der Waals surface area contributed by atoms with Crippen molar-refractivity contribution in [1.82, 2.24) is 9.21 Å². The van der Waals surface area contributed by atoms with Crippen LogP contribution in [0.25, 0.3) is 0 Å². The summed E-state index contributed by atoms with van der Waals surface area (Å²) in [6.07, 6.45) is 1.51. The minimum Gasteiger partial charge on any atom is -0.277 e. The van der Waals surface area contributed by atoms with Crippen molar-refractivity contribution in [3.05, 3.63) is 65.0 Å². The van der Waals surface area contributed by atoms with Gasteiger partial charge in [0.05, 0.1) is 16.0 Å². The third-order valence-corrected chi connectivity index (χ3v) is 6.77. The zero-order chi connectivity index (χ0) is 19.3. The molecule has 27 heavy (non-hydrogen) atoms. The van der Waals surface area contributed by atoms with Crippen molar-refractivity contribution in [2.24, 2.45) is 0 Å². The normalized spacial score (nSPS) is 16.9. The maximum Gasteiger partial charge on any atom is 0.261 e. The lowest BCUT2D eigenvalue weighted by molar-refractivity contribution is 0.0693. The van der Waals surface area contributed by atoms with Crippen molar-refractivity contribution >= 4 is 21.8 Å². The summed E-state index contributed by atoms with van der Waals surface area (Å²) in [5, 5.41) is 0. The molecular weight excluding hydrogens is 371 g/mol. The zero-order valence-corrected chi connectivity index (χ0v) is 15.4. The minimum atomic E-state index is -3.87. The lowest BCUT2D eigenvalue weighted by atomic mass is 10.1. The van der Waals surface area contributed by atoms with Crippen molar-refractivity contribution in [2.45, 2.75) is 30.3 Å². The van der Waals surface area contributed by atoms with Gasteiger partial charge in [0, 0.05) is 19.6 Å². The van der Waals surface area contributed by atoms with E-state index < -0.39 is 21.8 Å². The van der Waals surface area contributed by atoms with Gasteiger partial charge in [-0.15, -0.1) is 0 Å². The maximum atomic E-state index is 13.2. The summed E-state index contributed by atoms with van der Waals surface area (Å²) >= 11 is 0. The molecule has 1 aliphatic heterocycles. The average molecular weight is 388 g/mol. The summed E-state index contributed by atoms with van der Waals surface area (Å²) in [5.74, 6) is -1.33. The molecule has 4 rings (SSSR count). The van der Waals surface area contributed by atoms with Crippen molar-refractivity contribution < 1.29 is 22.4 Å². The molecule has 1 fully saturated rings. The first-order chi connectivity index (χ1) is 12.8. The quantitative estimate of drug-likeness (QED) is 0.738. The van der Waals surface area contributed by atoms with E-state index in [1.165, 1.54) is 41.7 Å². The van der Waals surface area contributed by atoms with E-state index >= 15 is 0 Å². The van der Waals surface area contributed by atoms with Crippen LogP contribution in [0.4, 0.5) is 4.39 Å². The van der Waals surface area contributed by atoms with E-state index in [1.807, 2.05) is 0 Å². The van der Waals surface area contributed by atoms with Crippen LogP contribution in [0.2, 0.25) is 0 Å². The Morgan fingerprint density at radius 2 is 1.67 bits per heavy atom. The predicted molar refractivity (Wildman–Crippen MR) is 95.0 cm³/mol. The first-order valence-corrected chi connectivity index (χ1v) is 9.96. The average Bonchev–Trinajstić information content (AvgIpc) is 3.47. The van der Waals surface area contributed by atoms with Gasteiger partial charge in [0.15, 0.2) is 0 Å². The van der Waals surface area contributed by atoms with Crippen molar-refractivity contribution in [3.63, 3.8) is 0 Å². The predicted octanol–water partition coefficient (Wildman–Crippen LogP) is 2.40. The van der Waals surface area contributed by atoms with Gasteiger partial charge in [-0.2, -0.15) is 4.31 Å². The molecule has 0 bridgehead atoms. The molecule has 1 heterocycles. The molecule has 2 aliphatic rings. The number of carbonyl (C=O) groups is 2. The highest BCUT2D eigenvalue weighted by molar-refractivity contribution is 7.89. The fraction of sp³-hybridized carbons (Fsp3) is 0.263. The molecule has 0 radical (unpaired) electrons. The van der Waals surface area contributed by atoms with Crippen molar-refractivity contribution in [3.8, 4) is 0 Å². The maximum absolute atomic E-state index is 13.2. The van der Waals surface area contributed by atoms with E-state index in [2.05, 4.69) is 0 Å². The van der Waals surface area contributed by atoms with Gasteiger partial charge < -0.3 is 0 Å². The number of imide groups is 1. The molecule has 1 saturated carbocycles. The third-order valence-electron chi connectivity index (χ3n) is 4.87. The van der Waals surface area contributed by atoms with E-state index in [9.17, 15) is 22.4 Å². The highest BCUT2D eigenvalue weighted by Gasteiger charge is 2.40. The number of benzene rings is 2. The van der Waals surface area contributed by atoms with Crippen LogP contribution in [0.15, 0.2) is 47.4 Å².